The summed E-state index contributed by atoms with van der Waals surface area (Å²) >= 11 is 0. The average molecular weight is 231 g/mol. The van der Waals surface area contributed by atoms with E-state index in [4.69, 9.17) is 4.74 Å². The molecule has 90 valence electrons. The van der Waals surface area contributed by atoms with E-state index in [1.165, 1.54) is 24.0 Å². The van der Waals surface area contributed by atoms with Crippen LogP contribution in [0.4, 0.5) is 0 Å². The van der Waals surface area contributed by atoms with Gasteiger partial charge in [0, 0.05) is 18.7 Å². The molecule has 1 aromatic rings. The lowest BCUT2D eigenvalue weighted by atomic mass is 10.1. The number of benzene rings is 1. The van der Waals surface area contributed by atoms with Gasteiger partial charge in [0.1, 0.15) is 0 Å². The maximum Gasteiger partial charge on any atom is 0.254 e. The number of aryl methyl sites for hydroxylation is 2. The number of hydrogen-bond donors (Lipinski definition) is 0. The minimum absolute atomic E-state index is 0.156. The maximum atomic E-state index is 12.3. The number of hydrogen-bond acceptors (Lipinski definition) is 2. The summed E-state index contributed by atoms with van der Waals surface area (Å²) in [5.74, 6) is 0.156. The molecule has 1 aliphatic heterocycles. The molecule has 2 aliphatic rings. The van der Waals surface area contributed by atoms with Crippen LogP contribution in [0.1, 0.15) is 27.9 Å². The van der Waals surface area contributed by atoms with Gasteiger partial charge in [-0.05, 0) is 42.5 Å². The van der Waals surface area contributed by atoms with E-state index in [9.17, 15) is 4.79 Å². The highest BCUT2D eigenvalue weighted by atomic mass is 16.5. The highest BCUT2D eigenvalue weighted by molar-refractivity contribution is 5.94. The Balaban J connectivity index is 1.81. The smallest absolute Gasteiger partial charge is 0.254 e. The second kappa shape index (κ2) is 4.49. The lowest BCUT2D eigenvalue weighted by Gasteiger charge is -2.27. The third kappa shape index (κ3) is 2.07. The first kappa shape index (κ1) is 10.8. The number of fused-ring (bicyclic) bond motifs is 1. The van der Waals surface area contributed by atoms with E-state index in [1.807, 2.05) is 11.0 Å². The number of carbonyl (C=O) groups is 1. The molecule has 0 saturated carbocycles. The van der Waals surface area contributed by atoms with Gasteiger partial charge in [0.15, 0.2) is 0 Å². The van der Waals surface area contributed by atoms with Crippen molar-refractivity contribution in [1.82, 2.24) is 4.90 Å². The molecule has 1 heterocycles. The Labute approximate surface area is 101 Å². The third-order valence-electron chi connectivity index (χ3n) is 3.64. The number of rotatable bonds is 1. The van der Waals surface area contributed by atoms with Crippen LogP contribution >= 0.6 is 0 Å². The second-order valence-electron chi connectivity index (χ2n) is 4.74. The molecule has 1 saturated heterocycles. The average Bonchev–Trinajstić information content (AvgIpc) is 2.86. The van der Waals surface area contributed by atoms with Crippen LogP contribution in [0.25, 0.3) is 0 Å². The molecule has 0 unspecified atom stereocenters. The van der Waals surface area contributed by atoms with E-state index >= 15 is 0 Å². The van der Waals surface area contributed by atoms with E-state index in [-0.39, 0.29) is 5.91 Å². The van der Waals surface area contributed by atoms with Crippen LogP contribution < -0.4 is 0 Å². The zero-order valence-electron chi connectivity index (χ0n) is 9.95. The van der Waals surface area contributed by atoms with E-state index in [0.29, 0.717) is 13.2 Å². The molecule has 0 spiro atoms. The molecule has 1 aromatic carbocycles. The van der Waals surface area contributed by atoms with E-state index in [2.05, 4.69) is 12.1 Å². The minimum Gasteiger partial charge on any atom is -0.378 e. The van der Waals surface area contributed by atoms with Crippen LogP contribution in [0.5, 0.6) is 0 Å². The van der Waals surface area contributed by atoms with Gasteiger partial charge in [0.25, 0.3) is 5.91 Å². The van der Waals surface area contributed by atoms with Crippen LogP contribution in [0, 0.1) is 0 Å². The van der Waals surface area contributed by atoms with E-state index in [1.54, 1.807) is 0 Å². The molecule has 0 bridgehead atoms. The predicted molar refractivity (Wildman–Crippen MR) is 65.2 cm³/mol. The van der Waals surface area contributed by atoms with Gasteiger partial charge in [0.05, 0.1) is 13.2 Å². The van der Waals surface area contributed by atoms with Crippen LogP contribution in [0.15, 0.2) is 18.2 Å². The van der Waals surface area contributed by atoms with Crippen molar-refractivity contribution in [3.8, 4) is 0 Å². The summed E-state index contributed by atoms with van der Waals surface area (Å²) in [6, 6.07) is 6.18. The van der Waals surface area contributed by atoms with Gasteiger partial charge in [0.2, 0.25) is 0 Å². The first-order chi connectivity index (χ1) is 8.34. The number of carbonyl (C=O) groups excluding carboxylic acids is 1. The van der Waals surface area contributed by atoms with Gasteiger partial charge >= 0.3 is 0 Å². The fraction of sp³-hybridized carbons (Fsp3) is 0.500. The van der Waals surface area contributed by atoms with Gasteiger partial charge in [-0.25, -0.2) is 0 Å². The van der Waals surface area contributed by atoms with Crippen molar-refractivity contribution in [3.05, 3.63) is 34.9 Å². The predicted octanol–water partition coefficient (Wildman–Crippen LogP) is 1.65. The number of nitrogens with zero attached hydrogens (tertiary/aromatic N) is 1. The summed E-state index contributed by atoms with van der Waals surface area (Å²) in [5.41, 5.74) is 3.63. The highest BCUT2D eigenvalue weighted by Crippen LogP contribution is 2.23. The molecule has 3 heteroatoms. The van der Waals surface area contributed by atoms with Crippen molar-refractivity contribution in [1.29, 1.82) is 0 Å². The molecule has 1 aliphatic carbocycles. The third-order valence-corrected chi connectivity index (χ3v) is 3.64. The van der Waals surface area contributed by atoms with Crippen molar-refractivity contribution < 1.29 is 9.53 Å². The summed E-state index contributed by atoms with van der Waals surface area (Å²) in [7, 11) is 0. The Morgan fingerprint density at radius 1 is 1.12 bits per heavy atom. The van der Waals surface area contributed by atoms with Crippen molar-refractivity contribution in [2.24, 2.45) is 0 Å². The summed E-state index contributed by atoms with van der Waals surface area (Å²) in [5, 5.41) is 0. The zero-order chi connectivity index (χ0) is 11.7. The normalized spacial score (nSPS) is 19.2. The lowest BCUT2D eigenvalue weighted by Crippen LogP contribution is -2.40. The molecule has 1 amide bonds. The van der Waals surface area contributed by atoms with Crippen LogP contribution in [0.2, 0.25) is 0 Å². The van der Waals surface area contributed by atoms with Crippen LogP contribution in [0.3, 0.4) is 0 Å². The molecule has 0 radical (unpaired) electrons. The maximum absolute atomic E-state index is 12.3. The Morgan fingerprint density at radius 2 is 1.88 bits per heavy atom. The molecule has 17 heavy (non-hydrogen) atoms. The van der Waals surface area contributed by atoms with Crippen LogP contribution in [-0.2, 0) is 17.6 Å². The first-order valence-electron chi connectivity index (χ1n) is 6.33. The number of ether oxygens (including phenoxy) is 1. The van der Waals surface area contributed by atoms with Crippen molar-refractivity contribution in [2.75, 3.05) is 26.3 Å². The number of amides is 1. The molecule has 0 atom stereocenters. The minimum atomic E-state index is 0.156. The molecule has 0 aromatic heterocycles. The molecular formula is C14H17NO2. The molecule has 3 rings (SSSR count). The quantitative estimate of drug-likeness (QED) is 0.735. The summed E-state index contributed by atoms with van der Waals surface area (Å²) in [4.78, 5) is 14.2. The fourth-order valence-corrected chi connectivity index (χ4v) is 2.65. The second-order valence-corrected chi connectivity index (χ2v) is 4.74. The standard InChI is InChI=1S/C14H17NO2/c16-14(15-6-8-17-9-7-15)13-5-4-11-2-1-3-12(11)10-13/h4-5,10H,1-3,6-9H2. The summed E-state index contributed by atoms with van der Waals surface area (Å²) in [6.07, 6.45) is 3.52. The van der Waals surface area contributed by atoms with Gasteiger partial charge in [-0.15, -0.1) is 0 Å². The van der Waals surface area contributed by atoms with Gasteiger partial charge in [-0.1, -0.05) is 6.07 Å². The van der Waals surface area contributed by atoms with Crippen molar-refractivity contribution in [3.63, 3.8) is 0 Å². The first-order valence-corrected chi connectivity index (χ1v) is 6.33. The molecule has 3 nitrogen and oxygen atoms in total. The van der Waals surface area contributed by atoms with Gasteiger partial charge < -0.3 is 9.64 Å². The van der Waals surface area contributed by atoms with Crippen molar-refractivity contribution in [2.45, 2.75) is 19.3 Å². The van der Waals surface area contributed by atoms with Gasteiger partial charge in [-0.3, -0.25) is 4.79 Å². The molecule has 0 N–H and O–H groups in total. The Morgan fingerprint density at radius 3 is 2.71 bits per heavy atom. The Hall–Kier alpha value is -1.35. The van der Waals surface area contributed by atoms with Gasteiger partial charge in [-0.2, -0.15) is 0 Å². The molecule has 1 fully saturated rings. The Bertz CT molecular complexity index is 436. The monoisotopic (exact) mass is 231 g/mol. The topological polar surface area (TPSA) is 29.5 Å². The summed E-state index contributed by atoms with van der Waals surface area (Å²) < 4.78 is 5.27. The van der Waals surface area contributed by atoms with E-state index < -0.39 is 0 Å². The molecular weight excluding hydrogens is 214 g/mol. The largest absolute Gasteiger partial charge is 0.378 e. The lowest BCUT2D eigenvalue weighted by molar-refractivity contribution is 0.0303. The van der Waals surface area contributed by atoms with E-state index in [0.717, 1.165) is 25.1 Å². The SMILES string of the molecule is O=C(c1ccc2c(c1)CCC2)N1CCOCC1. The Kier molecular flexibility index (Phi) is 2.85. The highest BCUT2D eigenvalue weighted by Gasteiger charge is 2.20. The fourth-order valence-electron chi connectivity index (χ4n) is 2.65. The van der Waals surface area contributed by atoms with Crippen molar-refractivity contribution >= 4 is 5.91 Å². The zero-order valence-corrected chi connectivity index (χ0v) is 9.95. The summed E-state index contributed by atoms with van der Waals surface area (Å²) in [6.45, 7) is 2.76. The number of morpholine rings is 1. The van der Waals surface area contributed by atoms with Crippen LogP contribution in [-0.4, -0.2) is 37.1 Å².